The summed E-state index contributed by atoms with van der Waals surface area (Å²) in [4.78, 5) is 0. The van der Waals surface area contributed by atoms with Gasteiger partial charge in [0.1, 0.15) is 5.75 Å². The van der Waals surface area contributed by atoms with Crippen LogP contribution in [0.1, 0.15) is 26.3 Å². The Morgan fingerprint density at radius 1 is 1.19 bits per heavy atom. The number of ether oxygens (including phenoxy) is 1. The maximum absolute atomic E-state index is 12.0. The van der Waals surface area contributed by atoms with Gasteiger partial charge in [-0.25, -0.2) is 0 Å². The highest BCUT2D eigenvalue weighted by atomic mass is 19.4. The van der Waals surface area contributed by atoms with Gasteiger partial charge in [0.25, 0.3) is 0 Å². The van der Waals surface area contributed by atoms with Gasteiger partial charge in [-0.15, -0.1) is 0 Å². The summed E-state index contributed by atoms with van der Waals surface area (Å²) in [5.74, 6) is 0.270. The van der Waals surface area contributed by atoms with Crippen LogP contribution in [-0.2, 0) is 5.41 Å². The summed E-state index contributed by atoms with van der Waals surface area (Å²) in [6, 6.07) is 6.78. The lowest BCUT2D eigenvalue weighted by Crippen LogP contribution is -2.26. The molecule has 0 spiro atoms. The molecule has 1 aromatic carbocycles. The summed E-state index contributed by atoms with van der Waals surface area (Å²) in [6.45, 7) is -0.0806. The van der Waals surface area contributed by atoms with Crippen molar-refractivity contribution >= 4 is 6.98 Å². The maximum atomic E-state index is 12.0. The van der Waals surface area contributed by atoms with E-state index in [4.69, 9.17) is 4.74 Å². The zero-order chi connectivity index (χ0) is 12.4. The van der Waals surface area contributed by atoms with Crippen LogP contribution < -0.4 is 4.74 Å². The number of hydrogen-bond donors (Lipinski definition) is 0. The van der Waals surface area contributed by atoms with E-state index in [0.29, 0.717) is 0 Å². The highest BCUT2D eigenvalue weighted by Gasteiger charge is 2.24. The molecular weight excluding hydrogens is 216 g/mol. The Labute approximate surface area is 93.7 Å². The molecule has 1 aromatic rings. The molecule has 90 valence electrons. The minimum Gasteiger partial charge on any atom is -0.522 e. The third kappa shape index (κ3) is 4.17. The molecule has 0 saturated carbocycles. The lowest BCUT2D eigenvalue weighted by atomic mass is 9.87. The first-order valence-electron chi connectivity index (χ1n) is 5.13. The Balaban J connectivity index is 2.76. The van der Waals surface area contributed by atoms with Crippen LogP contribution in [0.15, 0.2) is 24.3 Å². The monoisotopic (exact) mass is 231 g/mol. The van der Waals surface area contributed by atoms with Gasteiger partial charge in [-0.05, 0) is 23.1 Å². The fourth-order valence-corrected chi connectivity index (χ4v) is 1.24. The van der Waals surface area contributed by atoms with Gasteiger partial charge in [-0.3, -0.25) is 0 Å². The average molecular weight is 231 g/mol. The summed E-state index contributed by atoms with van der Waals surface area (Å²) in [5.41, 5.74) is 0.864. The lowest BCUT2D eigenvalue weighted by Gasteiger charge is -2.21. The molecule has 1 nitrogen and oxygen atoms in total. The molecule has 0 radical (unpaired) electrons. The molecular formula is C11H15BF3O-. The molecule has 0 unspecified atom stereocenters. The molecule has 0 atom stereocenters. The standard InChI is InChI=1S/C11H15BF3O/c1-11(2,3)9-5-4-6-10(7-9)16-8-12(13,14)15/h4-7H,8H2,1-3H3/q-1. The highest BCUT2D eigenvalue weighted by Crippen LogP contribution is 2.26. The Bertz CT molecular complexity index is 355. The molecule has 0 bridgehead atoms. The van der Waals surface area contributed by atoms with Crippen LogP contribution in [-0.4, -0.2) is 13.5 Å². The third-order valence-corrected chi connectivity index (χ3v) is 2.14. The first-order valence-corrected chi connectivity index (χ1v) is 5.13. The van der Waals surface area contributed by atoms with Crippen LogP contribution >= 0.6 is 0 Å². The first kappa shape index (κ1) is 12.9. The Kier molecular flexibility index (Phi) is 3.56. The molecule has 0 aromatic heterocycles. The summed E-state index contributed by atoms with van der Waals surface area (Å²) < 4.78 is 40.7. The number of benzene rings is 1. The summed E-state index contributed by atoms with van der Waals surface area (Å²) in [7, 11) is 0. The summed E-state index contributed by atoms with van der Waals surface area (Å²) in [5, 5.41) is 0. The van der Waals surface area contributed by atoms with E-state index in [1.165, 1.54) is 6.07 Å². The van der Waals surface area contributed by atoms with Gasteiger partial charge < -0.3 is 17.7 Å². The van der Waals surface area contributed by atoms with Gasteiger partial charge in [0.05, 0.1) is 6.51 Å². The van der Waals surface area contributed by atoms with E-state index in [9.17, 15) is 12.9 Å². The average Bonchev–Trinajstić information content (AvgIpc) is 2.13. The van der Waals surface area contributed by atoms with Crippen LogP contribution in [0, 0.1) is 0 Å². The lowest BCUT2D eigenvalue weighted by molar-refractivity contribution is 0.312. The second-order valence-corrected chi connectivity index (χ2v) is 4.80. The van der Waals surface area contributed by atoms with E-state index in [0.717, 1.165) is 5.56 Å². The van der Waals surface area contributed by atoms with E-state index in [1.807, 2.05) is 26.8 Å². The number of rotatable bonds is 3. The van der Waals surface area contributed by atoms with Gasteiger partial charge >= 0.3 is 6.98 Å². The Morgan fingerprint density at radius 2 is 1.81 bits per heavy atom. The molecule has 0 N–H and O–H groups in total. The summed E-state index contributed by atoms with van der Waals surface area (Å²) in [6.07, 6.45) is 0. The van der Waals surface area contributed by atoms with Crippen LogP contribution in [0.2, 0.25) is 0 Å². The molecule has 0 aliphatic heterocycles. The SMILES string of the molecule is CC(C)(C)c1cccc(OC[B-](F)(F)F)c1. The fraction of sp³-hybridized carbons (Fsp3) is 0.455. The van der Waals surface area contributed by atoms with Crippen molar-refractivity contribution in [2.75, 3.05) is 6.51 Å². The van der Waals surface area contributed by atoms with Crippen molar-refractivity contribution in [2.45, 2.75) is 26.2 Å². The van der Waals surface area contributed by atoms with Crippen LogP contribution in [0.4, 0.5) is 12.9 Å². The van der Waals surface area contributed by atoms with Crippen molar-refractivity contribution in [1.29, 1.82) is 0 Å². The molecule has 0 heterocycles. The van der Waals surface area contributed by atoms with Gasteiger partial charge in [0.2, 0.25) is 0 Å². The highest BCUT2D eigenvalue weighted by molar-refractivity contribution is 6.58. The third-order valence-electron chi connectivity index (χ3n) is 2.14. The number of hydrogen-bond acceptors (Lipinski definition) is 1. The molecule has 5 heteroatoms. The zero-order valence-corrected chi connectivity index (χ0v) is 9.64. The second-order valence-electron chi connectivity index (χ2n) is 4.80. The molecule has 16 heavy (non-hydrogen) atoms. The summed E-state index contributed by atoms with van der Waals surface area (Å²) >= 11 is 0. The van der Waals surface area contributed by atoms with E-state index < -0.39 is 13.5 Å². The molecule has 0 saturated heterocycles. The largest absolute Gasteiger partial charge is 0.522 e. The van der Waals surface area contributed by atoms with Crippen LogP contribution in [0.3, 0.4) is 0 Å². The zero-order valence-electron chi connectivity index (χ0n) is 9.64. The first-order chi connectivity index (χ1) is 7.18. The van der Waals surface area contributed by atoms with Crippen molar-refractivity contribution in [3.63, 3.8) is 0 Å². The van der Waals surface area contributed by atoms with Crippen molar-refractivity contribution in [3.8, 4) is 5.75 Å². The fourth-order valence-electron chi connectivity index (χ4n) is 1.24. The van der Waals surface area contributed by atoms with Crippen molar-refractivity contribution in [2.24, 2.45) is 0 Å². The molecule has 0 fully saturated rings. The quantitative estimate of drug-likeness (QED) is 0.719. The van der Waals surface area contributed by atoms with E-state index >= 15 is 0 Å². The Hall–Kier alpha value is -1.13. The van der Waals surface area contributed by atoms with E-state index in [2.05, 4.69) is 0 Å². The molecule has 0 amide bonds. The van der Waals surface area contributed by atoms with Gasteiger partial charge in [-0.2, -0.15) is 0 Å². The van der Waals surface area contributed by atoms with Crippen molar-refractivity contribution in [3.05, 3.63) is 29.8 Å². The van der Waals surface area contributed by atoms with Crippen molar-refractivity contribution in [1.82, 2.24) is 0 Å². The molecule has 0 aliphatic rings. The molecule has 1 rings (SSSR count). The van der Waals surface area contributed by atoms with Gasteiger partial charge in [0, 0.05) is 0 Å². The minimum atomic E-state index is -4.89. The topological polar surface area (TPSA) is 9.23 Å². The van der Waals surface area contributed by atoms with Crippen LogP contribution in [0.5, 0.6) is 5.75 Å². The normalized spacial score (nSPS) is 12.6. The number of halogens is 3. The minimum absolute atomic E-state index is 0.0945. The van der Waals surface area contributed by atoms with Crippen molar-refractivity contribution < 1.29 is 17.7 Å². The molecule has 0 aliphatic carbocycles. The van der Waals surface area contributed by atoms with E-state index in [-0.39, 0.29) is 11.2 Å². The smallest absolute Gasteiger partial charge is 0.515 e. The van der Waals surface area contributed by atoms with Gasteiger partial charge in [-0.1, -0.05) is 32.9 Å². The maximum Gasteiger partial charge on any atom is 0.515 e. The second kappa shape index (κ2) is 4.40. The predicted octanol–water partition coefficient (Wildman–Crippen LogP) is 3.75. The predicted molar refractivity (Wildman–Crippen MR) is 59.7 cm³/mol. The van der Waals surface area contributed by atoms with Crippen LogP contribution in [0.25, 0.3) is 0 Å². The van der Waals surface area contributed by atoms with Gasteiger partial charge in [0.15, 0.2) is 0 Å². The van der Waals surface area contributed by atoms with E-state index in [1.54, 1.807) is 12.1 Å². The Morgan fingerprint density at radius 3 is 2.31 bits per heavy atom.